The highest BCUT2D eigenvalue weighted by Gasteiger charge is 2.01. The van der Waals surface area contributed by atoms with E-state index in [1.54, 1.807) is 6.07 Å². The number of carbonyl (C=O) groups is 1. The molecule has 0 amide bonds. The number of hydrogen-bond acceptors (Lipinski definition) is 1. The minimum absolute atomic E-state index is 0.134. The molecule has 0 saturated carbocycles. The van der Waals surface area contributed by atoms with E-state index in [2.05, 4.69) is 15.9 Å². The third-order valence-electron chi connectivity index (χ3n) is 1.27. The van der Waals surface area contributed by atoms with Gasteiger partial charge in [-0.2, -0.15) is 0 Å². The molecule has 1 rings (SSSR count). The molecule has 58 valence electrons. The second-order valence-corrected chi connectivity index (χ2v) is 3.13. The molecule has 0 heterocycles. The molecule has 0 aliphatic heterocycles. The van der Waals surface area contributed by atoms with Crippen molar-refractivity contribution in [2.24, 2.45) is 0 Å². The topological polar surface area (TPSA) is 17.1 Å². The van der Waals surface area contributed by atoms with Gasteiger partial charge in [-0.3, -0.25) is 4.79 Å². The molecule has 3 heteroatoms. The van der Waals surface area contributed by atoms with E-state index in [4.69, 9.17) is 0 Å². The zero-order valence-electron chi connectivity index (χ0n) is 5.90. The lowest BCUT2D eigenvalue weighted by molar-refractivity contribution is 0.101. The minimum Gasteiger partial charge on any atom is -0.295 e. The van der Waals surface area contributed by atoms with E-state index in [-0.39, 0.29) is 5.78 Å². The quantitative estimate of drug-likeness (QED) is 0.661. The van der Waals surface area contributed by atoms with E-state index in [0.717, 1.165) is 0 Å². The Morgan fingerprint density at radius 1 is 1.45 bits per heavy atom. The van der Waals surface area contributed by atoms with Gasteiger partial charge in [0.15, 0.2) is 5.78 Å². The fraction of sp³-hybridized carbons (Fsp3) is 0.125. The summed E-state index contributed by atoms with van der Waals surface area (Å²) in [6.07, 6.45) is 0. The van der Waals surface area contributed by atoms with Crippen LogP contribution in [-0.4, -0.2) is 5.78 Å². The van der Waals surface area contributed by atoms with E-state index >= 15 is 0 Å². The van der Waals surface area contributed by atoms with Gasteiger partial charge in [0.05, 0.1) is 0 Å². The van der Waals surface area contributed by atoms with E-state index in [9.17, 15) is 9.18 Å². The molecule has 0 aliphatic rings. The van der Waals surface area contributed by atoms with Crippen molar-refractivity contribution in [2.75, 3.05) is 0 Å². The monoisotopic (exact) mass is 216 g/mol. The highest BCUT2D eigenvalue weighted by Crippen LogP contribution is 2.14. The van der Waals surface area contributed by atoms with Crippen LogP contribution >= 0.6 is 15.9 Å². The fourth-order valence-corrected chi connectivity index (χ4v) is 1.22. The van der Waals surface area contributed by atoms with Crippen LogP contribution in [0.15, 0.2) is 22.7 Å². The van der Waals surface area contributed by atoms with Gasteiger partial charge < -0.3 is 0 Å². The van der Waals surface area contributed by atoms with Crippen LogP contribution in [0.2, 0.25) is 0 Å². The summed E-state index contributed by atoms with van der Waals surface area (Å²) in [5, 5.41) is 0. The summed E-state index contributed by atoms with van der Waals surface area (Å²) in [5.41, 5.74) is 0.386. The summed E-state index contributed by atoms with van der Waals surface area (Å²) in [5.74, 6) is -0.533. The average Bonchev–Trinajstić information content (AvgIpc) is 1.85. The molecule has 0 aromatic heterocycles. The molecule has 0 radical (unpaired) electrons. The van der Waals surface area contributed by atoms with Crippen LogP contribution in [0.1, 0.15) is 17.3 Å². The second-order valence-electron chi connectivity index (χ2n) is 2.21. The van der Waals surface area contributed by atoms with Gasteiger partial charge in [-0.05, 0) is 25.1 Å². The number of rotatable bonds is 1. The predicted octanol–water partition coefficient (Wildman–Crippen LogP) is 2.79. The first-order valence-corrected chi connectivity index (χ1v) is 3.86. The lowest BCUT2D eigenvalue weighted by Gasteiger charge is -1.96. The van der Waals surface area contributed by atoms with Gasteiger partial charge in [0.2, 0.25) is 0 Å². The maximum absolute atomic E-state index is 12.6. The highest BCUT2D eigenvalue weighted by atomic mass is 79.9. The van der Waals surface area contributed by atoms with Gasteiger partial charge in [0.1, 0.15) is 5.82 Å². The van der Waals surface area contributed by atoms with Gasteiger partial charge in [0, 0.05) is 10.0 Å². The molecule has 0 N–H and O–H groups in total. The van der Waals surface area contributed by atoms with Gasteiger partial charge in [0.25, 0.3) is 0 Å². The lowest BCUT2D eigenvalue weighted by atomic mass is 10.1. The normalized spacial score (nSPS) is 9.73. The maximum atomic E-state index is 12.6. The van der Waals surface area contributed by atoms with Crippen molar-refractivity contribution in [3.05, 3.63) is 34.1 Å². The highest BCUT2D eigenvalue weighted by molar-refractivity contribution is 9.10. The van der Waals surface area contributed by atoms with Gasteiger partial charge in [-0.15, -0.1) is 0 Å². The molecule has 1 aromatic rings. The van der Waals surface area contributed by atoms with Crippen molar-refractivity contribution in [1.82, 2.24) is 0 Å². The Hall–Kier alpha value is -0.700. The Bertz CT molecular complexity index is 276. The SMILES string of the molecule is CC(=O)c1cc(F)cc(Br)c1. The van der Waals surface area contributed by atoms with Gasteiger partial charge in [-0.1, -0.05) is 15.9 Å². The first-order valence-electron chi connectivity index (χ1n) is 3.06. The lowest BCUT2D eigenvalue weighted by Crippen LogP contribution is -1.92. The summed E-state index contributed by atoms with van der Waals surface area (Å²) in [6.45, 7) is 1.40. The molecule has 0 saturated heterocycles. The van der Waals surface area contributed by atoms with Crippen LogP contribution in [0.3, 0.4) is 0 Å². The van der Waals surface area contributed by atoms with Crippen LogP contribution < -0.4 is 0 Å². The van der Waals surface area contributed by atoms with Crippen molar-refractivity contribution in [1.29, 1.82) is 0 Å². The Balaban J connectivity index is 3.19. The molecule has 0 aliphatic carbocycles. The van der Waals surface area contributed by atoms with Crippen LogP contribution in [0.4, 0.5) is 4.39 Å². The van der Waals surface area contributed by atoms with Crippen LogP contribution in [0.5, 0.6) is 0 Å². The Morgan fingerprint density at radius 2 is 2.09 bits per heavy atom. The van der Waals surface area contributed by atoms with Crippen molar-refractivity contribution in [3.63, 3.8) is 0 Å². The molecular weight excluding hydrogens is 211 g/mol. The molecule has 0 bridgehead atoms. The summed E-state index contributed by atoms with van der Waals surface area (Å²) in [6, 6.07) is 4.12. The summed E-state index contributed by atoms with van der Waals surface area (Å²) in [7, 11) is 0. The maximum Gasteiger partial charge on any atom is 0.159 e. The average molecular weight is 217 g/mol. The van der Waals surface area contributed by atoms with E-state index in [0.29, 0.717) is 10.0 Å². The Labute approximate surface area is 72.4 Å². The van der Waals surface area contributed by atoms with Crippen molar-refractivity contribution in [2.45, 2.75) is 6.92 Å². The molecule has 0 unspecified atom stereocenters. The molecule has 0 atom stereocenters. The van der Waals surface area contributed by atoms with Crippen molar-refractivity contribution in [3.8, 4) is 0 Å². The molecule has 0 fully saturated rings. The standard InChI is InChI=1S/C8H6BrFO/c1-5(11)6-2-7(9)4-8(10)3-6/h2-4H,1H3. The fourth-order valence-electron chi connectivity index (χ4n) is 0.757. The smallest absolute Gasteiger partial charge is 0.159 e. The minimum atomic E-state index is -0.399. The van der Waals surface area contributed by atoms with Crippen LogP contribution in [0.25, 0.3) is 0 Å². The molecule has 1 aromatic carbocycles. The number of benzene rings is 1. The Kier molecular flexibility index (Phi) is 2.39. The van der Waals surface area contributed by atoms with Crippen molar-refractivity contribution >= 4 is 21.7 Å². The summed E-state index contributed by atoms with van der Waals surface area (Å²) >= 11 is 3.09. The number of ketones is 1. The van der Waals surface area contributed by atoms with Gasteiger partial charge >= 0.3 is 0 Å². The van der Waals surface area contributed by atoms with Gasteiger partial charge in [-0.25, -0.2) is 4.39 Å². The Morgan fingerprint density at radius 3 is 2.55 bits per heavy atom. The first-order chi connectivity index (χ1) is 5.09. The van der Waals surface area contributed by atoms with Crippen LogP contribution in [0, 0.1) is 5.82 Å². The number of hydrogen-bond donors (Lipinski definition) is 0. The van der Waals surface area contributed by atoms with Crippen LogP contribution in [-0.2, 0) is 0 Å². The largest absolute Gasteiger partial charge is 0.295 e. The number of carbonyl (C=O) groups excluding carboxylic acids is 1. The zero-order valence-corrected chi connectivity index (χ0v) is 7.48. The van der Waals surface area contributed by atoms with E-state index < -0.39 is 5.82 Å². The third-order valence-corrected chi connectivity index (χ3v) is 1.73. The number of halogens is 2. The number of Topliss-reactive ketones (excluding diaryl/α,β-unsaturated/α-hetero) is 1. The second kappa shape index (κ2) is 3.13. The molecular formula is C8H6BrFO. The van der Waals surface area contributed by atoms with E-state index in [1.807, 2.05) is 0 Å². The molecule has 11 heavy (non-hydrogen) atoms. The third kappa shape index (κ3) is 2.12. The summed E-state index contributed by atoms with van der Waals surface area (Å²) < 4.78 is 13.2. The van der Waals surface area contributed by atoms with E-state index in [1.165, 1.54) is 19.1 Å². The van der Waals surface area contributed by atoms with Crippen molar-refractivity contribution < 1.29 is 9.18 Å². The molecule has 0 spiro atoms. The first kappa shape index (κ1) is 8.40. The molecule has 1 nitrogen and oxygen atoms in total. The predicted molar refractivity (Wildman–Crippen MR) is 44.1 cm³/mol. The zero-order chi connectivity index (χ0) is 8.43. The summed E-state index contributed by atoms with van der Waals surface area (Å²) in [4.78, 5) is 10.8.